The Bertz CT molecular complexity index is 901. The number of carbonyl (C=O) groups excluding carboxylic acids is 2. The van der Waals surface area contributed by atoms with Crippen molar-refractivity contribution in [3.8, 4) is 11.1 Å². The third-order valence-electron chi connectivity index (χ3n) is 4.62. The smallest absolute Gasteiger partial charge is 0.278 e. The van der Waals surface area contributed by atoms with Gasteiger partial charge in [0, 0.05) is 24.2 Å². The van der Waals surface area contributed by atoms with Gasteiger partial charge in [0.15, 0.2) is 12.0 Å². The van der Waals surface area contributed by atoms with Crippen molar-refractivity contribution >= 4 is 34.9 Å². The fraction of sp³-hybridized carbons (Fsp3) is 0.235. The molecule has 0 atom stereocenters. The molecule has 0 saturated carbocycles. The molecule has 0 aliphatic carbocycles. The van der Waals surface area contributed by atoms with Gasteiger partial charge < -0.3 is 15.4 Å². The molecule has 6 nitrogen and oxygen atoms in total. The number of oxime groups is 1. The molecular formula is C17H15N3O3S. The fourth-order valence-corrected chi connectivity index (χ4v) is 4.20. The zero-order valence-electron chi connectivity index (χ0n) is 13.0. The third kappa shape index (κ3) is 2.09. The van der Waals surface area contributed by atoms with E-state index in [1.165, 1.54) is 11.3 Å². The first kappa shape index (κ1) is 15.0. The van der Waals surface area contributed by atoms with Crippen LogP contribution in [0.2, 0.25) is 0 Å². The van der Waals surface area contributed by atoms with Crippen LogP contribution >= 0.6 is 11.3 Å². The molecule has 4 rings (SSSR count). The van der Waals surface area contributed by atoms with Crippen LogP contribution < -0.4 is 5.32 Å². The highest BCUT2D eigenvalue weighted by Crippen LogP contribution is 2.41. The molecule has 2 aliphatic heterocycles. The number of fused-ring (bicyclic) bond motifs is 3. The van der Waals surface area contributed by atoms with Gasteiger partial charge in [-0.1, -0.05) is 5.16 Å². The molecule has 0 fully saturated rings. The van der Waals surface area contributed by atoms with E-state index in [-0.39, 0.29) is 5.71 Å². The van der Waals surface area contributed by atoms with Crippen molar-refractivity contribution in [2.45, 2.75) is 13.0 Å². The molecule has 2 aliphatic rings. The van der Waals surface area contributed by atoms with Gasteiger partial charge in [0.05, 0.1) is 10.6 Å². The second kappa shape index (κ2) is 5.54. The third-order valence-corrected chi connectivity index (χ3v) is 5.46. The van der Waals surface area contributed by atoms with Crippen molar-refractivity contribution in [1.82, 2.24) is 4.90 Å². The minimum atomic E-state index is -0.402. The van der Waals surface area contributed by atoms with E-state index >= 15 is 0 Å². The van der Waals surface area contributed by atoms with Gasteiger partial charge >= 0.3 is 0 Å². The van der Waals surface area contributed by atoms with E-state index in [4.69, 9.17) is 0 Å². The minimum absolute atomic E-state index is 0.0187. The molecule has 0 unspecified atom stereocenters. The number of amides is 1. The Morgan fingerprint density at radius 2 is 2.17 bits per heavy atom. The standard InChI is InChI=1S/C17H15N3O3S/c1-20-4-2-9-11(10-3-5-24-14(10)8-21)6-12-15(13(9)7-20)18-17(22)16(12)19-23/h3,5-6,8,23H,2,4,7H2,1H3,(H,18,19,22). The van der Waals surface area contributed by atoms with Gasteiger partial charge in [-0.3, -0.25) is 9.59 Å². The highest BCUT2D eigenvalue weighted by atomic mass is 32.1. The number of nitrogens with one attached hydrogen (secondary N) is 1. The van der Waals surface area contributed by atoms with Gasteiger partial charge in [-0.15, -0.1) is 11.3 Å². The Balaban J connectivity index is 2.02. The highest BCUT2D eigenvalue weighted by Gasteiger charge is 2.33. The Labute approximate surface area is 142 Å². The molecule has 2 aromatic rings. The molecule has 0 saturated heterocycles. The summed E-state index contributed by atoms with van der Waals surface area (Å²) in [7, 11) is 2.03. The average molecular weight is 341 g/mol. The van der Waals surface area contributed by atoms with Crippen LogP contribution in [0.3, 0.4) is 0 Å². The second-order valence-electron chi connectivity index (χ2n) is 6.01. The van der Waals surface area contributed by atoms with Gasteiger partial charge in [-0.2, -0.15) is 0 Å². The zero-order chi connectivity index (χ0) is 16.8. The number of rotatable bonds is 2. The fourth-order valence-electron chi connectivity index (χ4n) is 3.49. The molecule has 1 aromatic carbocycles. The zero-order valence-corrected chi connectivity index (χ0v) is 13.8. The van der Waals surface area contributed by atoms with Crippen LogP contribution in [-0.4, -0.2) is 41.6 Å². The molecule has 3 heterocycles. The van der Waals surface area contributed by atoms with Crippen LogP contribution in [0.25, 0.3) is 11.1 Å². The van der Waals surface area contributed by atoms with Gasteiger partial charge in [0.1, 0.15) is 0 Å². The maximum absolute atomic E-state index is 12.1. The lowest BCUT2D eigenvalue weighted by molar-refractivity contribution is -0.110. The summed E-state index contributed by atoms with van der Waals surface area (Å²) in [5.74, 6) is -0.402. The van der Waals surface area contributed by atoms with Crippen molar-refractivity contribution in [2.24, 2.45) is 5.16 Å². The summed E-state index contributed by atoms with van der Waals surface area (Å²) in [6.45, 7) is 1.61. The van der Waals surface area contributed by atoms with Crippen molar-refractivity contribution in [2.75, 3.05) is 18.9 Å². The number of anilines is 1. The molecule has 0 bridgehead atoms. The summed E-state index contributed by atoms with van der Waals surface area (Å²) >= 11 is 1.40. The molecule has 0 spiro atoms. The molecule has 24 heavy (non-hydrogen) atoms. The number of carbonyl (C=O) groups is 2. The summed E-state index contributed by atoms with van der Waals surface area (Å²) in [6.07, 6.45) is 1.70. The van der Waals surface area contributed by atoms with Crippen molar-refractivity contribution in [3.63, 3.8) is 0 Å². The largest absolute Gasteiger partial charge is 0.410 e. The van der Waals surface area contributed by atoms with E-state index in [0.29, 0.717) is 17.0 Å². The first-order chi connectivity index (χ1) is 11.6. The number of hydrogen-bond acceptors (Lipinski definition) is 6. The first-order valence-corrected chi connectivity index (χ1v) is 8.46. The number of aldehydes is 1. The first-order valence-electron chi connectivity index (χ1n) is 7.58. The van der Waals surface area contributed by atoms with Crippen molar-refractivity contribution < 1.29 is 14.8 Å². The summed E-state index contributed by atoms with van der Waals surface area (Å²) in [5, 5.41) is 17.1. The van der Waals surface area contributed by atoms with Crippen molar-refractivity contribution in [1.29, 1.82) is 0 Å². The number of nitrogens with zero attached hydrogens (tertiary/aromatic N) is 2. The number of benzene rings is 1. The normalized spacial score (nSPS) is 18.4. The number of hydrogen-bond donors (Lipinski definition) is 2. The topological polar surface area (TPSA) is 82.0 Å². The lowest BCUT2D eigenvalue weighted by atomic mass is 9.87. The Kier molecular flexibility index (Phi) is 3.47. The van der Waals surface area contributed by atoms with E-state index < -0.39 is 5.91 Å². The maximum atomic E-state index is 12.1. The lowest BCUT2D eigenvalue weighted by Gasteiger charge is -2.28. The SMILES string of the molecule is CN1CCc2c(-c3ccsc3C=O)cc3c(c2C1)NC(=O)/C3=N/O. The summed E-state index contributed by atoms with van der Waals surface area (Å²) < 4.78 is 0. The van der Waals surface area contributed by atoms with Crippen LogP contribution in [0, 0.1) is 0 Å². The molecule has 7 heteroatoms. The van der Waals surface area contributed by atoms with Crippen LogP contribution in [0.15, 0.2) is 22.7 Å². The van der Waals surface area contributed by atoms with E-state index in [1.807, 2.05) is 24.6 Å². The van der Waals surface area contributed by atoms with E-state index in [1.54, 1.807) is 0 Å². The van der Waals surface area contributed by atoms with E-state index in [2.05, 4.69) is 15.4 Å². The molecular weight excluding hydrogens is 326 g/mol. The van der Waals surface area contributed by atoms with E-state index in [9.17, 15) is 14.8 Å². The second-order valence-corrected chi connectivity index (χ2v) is 6.96. The highest BCUT2D eigenvalue weighted by molar-refractivity contribution is 7.12. The molecule has 0 radical (unpaired) electrons. The maximum Gasteiger partial charge on any atom is 0.278 e. The molecule has 1 amide bonds. The number of likely N-dealkylation sites (N-methyl/N-ethyl adjacent to an activating group) is 1. The predicted molar refractivity (Wildman–Crippen MR) is 92.1 cm³/mol. The quantitative estimate of drug-likeness (QED) is 0.499. The van der Waals surface area contributed by atoms with Crippen LogP contribution in [-0.2, 0) is 17.8 Å². The van der Waals surface area contributed by atoms with Gasteiger partial charge in [-0.05, 0) is 47.7 Å². The van der Waals surface area contributed by atoms with Gasteiger partial charge in [0.2, 0.25) is 0 Å². The van der Waals surface area contributed by atoms with Gasteiger partial charge in [0.25, 0.3) is 5.91 Å². The van der Waals surface area contributed by atoms with Crippen LogP contribution in [0.4, 0.5) is 5.69 Å². The minimum Gasteiger partial charge on any atom is -0.410 e. The number of thiophene rings is 1. The average Bonchev–Trinajstić information content (AvgIpc) is 3.17. The summed E-state index contributed by atoms with van der Waals surface area (Å²) in [4.78, 5) is 26.3. The van der Waals surface area contributed by atoms with Crippen LogP contribution in [0.5, 0.6) is 0 Å². The predicted octanol–water partition coefficient (Wildman–Crippen LogP) is 2.35. The Morgan fingerprint density at radius 1 is 1.33 bits per heavy atom. The van der Waals surface area contributed by atoms with Crippen LogP contribution in [0.1, 0.15) is 26.4 Å². The monoisotopic (exact) mass is 341 g/mol. The lowest BCUT2D eigenvalue weighted by Crippen LogP contribution is -2.27. The summed E-state index contributed by atoms with van der Waals surface area (Å²) in [6, 6.07) is 3.79. The van der Waals surface area contributed by atoms with Gasteiger partial charge in [-0.25, -0.2) is 0 Å². The molecule has 122 valence electrons. The Hall–Kier alpha value is -2.51. The van der Waals surface area contributed by atoms with E-state index in [0.717, 1.165) is 47.2 Å². The van der Waals surface area contributed by atoms with Crippen molar-refractivity contribution in [3.05, 3.63) is 39.1 Å². The summed E-state index contributed by atoms with van der Waals surface area (Å²) in [5.41, 5.74) is 5.33. The molecule has 2 N–H and O–H groups in total. The Morgan fingerprint density at radius 3 is 2.92 bits per heavy atom. The molecule has 1 aromatic heterocycles.